The predicted molar refractivity (Wildman–Crippen MR) is 188 cm³/mol. The summed E-state index contributed by atoms with van der Waals surface area (Å²) in [5.41, 5.74) is 5.11. The minimum atomic E-state index is -2.84. The van der Waals surface area contributed by atoms with Crippen LogP contribution in [0.25, 0.3) is 21.9 Å². The van der Waals surface area contributed by atoms with Crippen molar-refractivity contribution in [2.45, 2.75) is 75.2 Å². The van der Waals surface area contributed by atoms with Crippen molar-refractivity contribution in [1.29, 1.82) is 0 Å². The van der Waals surface area contributed by atoms with Gasteiger partial charge in [0.15, 0.2) is 23.1 Å². The van der Waals surface area contributed by atoms with Crippen molar-refractivity contribution < 1.29 is 43.4 Å². The zero-order valence-corrected chi connectivity index (χ0v) is 29.5. The van der Waals surface area contributed by atoms with Crippen molar-refractivity contribution in [3.8, 4) is 17.4 Å². The normalized spacial score (nSPS) is 23.1. The van der Waals surface area contributed by atoms with Crippen LogP contribution in [0.2, 0.25) is 0 Å². The summed E-state index contributed by atoms with van der Waals surface area (Å²) in [6, 6.07) is 18.4. The second kappa shape index (κ2) is 15.0. The van der Waals surface area contributed by atoms with Crippen LogP contribution in [0.1, 0.15) is 56.9 Å². The van der Waals surface area contributed by atoms with Crippen LogP contribution >= 0.6 is 8.17 Å². The number of aliphatic hydroxyl groups excluding tert-OH is 1. The summed E-state index contributed by atoms with van der Waals surface area (Å²) in [7, 11) is -1.42. The summed E-state index contributed by atoms with van der Waals surface area (Å²) in [6.07, 6.45) is 2.17. The molecule has 1 aliphatic carbocycles. The zero-order chi connectivity index (χ0) is 36.4. The van der Waals surface area contributed by atoms with Gasteiger partial charge in [0.2, 0.25) is 23.6 Å². The molecule has 272 valence electrons. The summed E-state index contributed by atoms with van der Waals surface area (Å²) in [6.45, 7) is 1.18. The van der Waals surface area contributed by atoms with Gasteiger partial charge in [-0.25, -0.2) is 9.78 Å². The van der Waals surface area contributed by atoms with Gasteiger partial charge in [-0.1, -0.05) is 71.8 Å². The number of aromatic nitrogens is 4. The third-order valence-corrected chi connectivity index (χ3v) is 10.2. The van der Waals surface area contributed by atoms with E-state index in [-0.39, 0.29) is 41.7 Å². The molecule has 4 N–H and O–H groups in total. The van der Waals surface area contributed by atoms with E-state index in [1.807, 2.05) is 18.2 Å². The Morgan fingerprint density at radius 3 is 2.63 bits per heavy atom. The number of aliphatic hydroxyl groups is 2. The lowest BCUT2D eigenvalue weighted by molar-refractivity contribution is -0.170. The molecule has 0 bridgehead atoms. The van der Waals surface area contributed by atoms with Crippen molar-refractivity contribution in [3.63, 3.8) is 0 Å². The first-order valence-electron chi connectivity index (χ1n) is 17.0. The number of nitrogens with two attached hydrogens (primary N) is 1. The maximum Gasteiger partial charge on any atom is 0.395 e. The minimum absolute atomic E-state index is 0.0747. The number of anilines is 1. The van der Waals surface area contributed by atoms with E-state index in [0.29, 0.717) is 16.5 Å². The van der Waals surface area contributed by atoms with Crippen molar-refractivity contribution in [2.75, 3.05) is 19.5 Å². The molecule has 16 heteroatoms. The molecule has 52 heavy (non-hydrogen) atoms. The maximum absolute atomic E-state index is 13.7. The highest BCUT2D eigenvalue weighted by molar-refractivity contribution is 7.34. The van der Waals surface area contributed by atoms with Crippen molar-refractivity contribution in [2.24, 2.45) is 4.74 Å². The molecule has 3 aromatic carbocycles. The van der Waals surface area contributed by atoms with E-state index < -0.39 is 44.2 Å². The van der Waals surface area contributed by atoms with Gasteiger partial charge in [0.05, 0.1) is 13.4 Å². The molecule has 3 heterocycles. The summed E-state index contributed by atoms with van der Waals surface area (Å²) in [5.74, 6) is -0.230. The van der Waals surface area contributed by atoms with E-state index >= 15 is 0 Å². The van der Waals surface area contributed by atoms with Gasteiger partial charge in [0, 0.05) is 5.39 Å². The number of esters is 1. The van der Waals surface area contributed by atoms with E-state index in [0.717, 1.165) is 37.5 Å². The number of rotatable bonds is 11. The van der Waals surface area contributed by atoms with Gasteiger partial charge in [-0.2, -0.15) is 9.97 Å². The molecule has 5 aromatic rings. The summed E-state index contributed by atoms with van der Waals surface area (Å²) in [4.78, 5) is 39.7. The average molecular weight is 731 g/mol. The Balaban J connectivity index is 1.15. The number of benzene rings is 3. The predicted octanol–water partition coefficient (Wildman–Crippen LogP) is 4.51. The molecule has 0 spiro atoms. The van der Waals surface area contributed by atoms with E-state index in [1.54, 1.807) is 48.5 Å². The standard InChI is InChI=1S/C36H39N6O9P/c1-36(45)30(43)26(50-34(36)42-20-38-28-31(42)39-35(37)40-32(28)47-2)19-48-25-18-17-21-11-9-10-16-24(21)29(25)51-52(46)41-27(22-12-5-3-6-13-22)33(44)49-23-14-7-4-8-15-23/h3,5-6,9-13,16-18,20,23,26-27,30,34,43,45H,4,7-8,14-15,19H2,1-2H3,(H2,37,39,40)/t26-,27-,30-,34?,36-/m1/s1. The Hall–Kier alpha value is -4.92. The number of carbonyl (C=O) groups is 1. The molecule has 0 radical (unpaired) electrons. The van der Waals surface area contributed by atoms with Crippen LogP contribution in [0.15, 0.2) is 77.8 Å². The van der Waals surface area contributed by atoms with Crippen LogP contribution in [0.4, 0.5) is 5.95 Å². The average Bonchev–Trinajstić information content (AvgIpc) is 3.66. The van der Waals surface area contributed by atoms with E-state index in [2.05, 4.69) is 19.7 Å². The fraction of sp³-hybridized carbons (Fsp3) is 0.389. The topological polar surface area (TPSA) is 209 Å². The Bertz CT molecular complexity index is 2090. The molecule has 6 atom stereocenters. The number of nitrogens with zero attached hydrogens (tertiary/aromatic N) is 5. The van der Waals surface area contributed by atoms with E-state index in [9.17, 15) is 19.9 Å². The highest BCUT2D eigenvalue weighted by Crippen LogP contribution is 2.44. The molecular weight excluding hydrogens is 691 g/mol. The number of carbonyl (C=O) groups excluding carboxylic acids is 1. The van der Waals surface area contributed by atoms with Gasteiger partial charge in [-0.05, 0) is 49.6 Å². The first-order chi connectivity index (χ1) is 25.1. The number of fused-ring (bicyclic) bond motifs is 2. The Morgan fingerprint density at radius 2 is 1.87 bits per heavy atom. The number of methoxy groups -OCH3 is 1. The third-order valence-electron chi connectivity index (χ3n) is 9.41. The molecule has 7 rings (SSSR count). The van der Waals surface area contributed by atoms with Crippen molar-refractivity contribution in [3.05, 3.63) is 78.6 Å². The maximum atomic E-state index is 13.7. The van der Waals surface area contributed by atoms with E-state index in [1.165, 1.54) is 24.9 Å². The molecule has 2 aliphatic rings. The van der Waals surface area contributed by atoms with Gasteiger partial charge >= 0.3 is 14.1 Å². The second-order valence-corrected chi connectivity index (χ2v) is 13.9. The molecule has 2 fully saturated rings. The van der Waals surface area contributed by atoms with Crippen LogP contribution in [0.5, 0.6) is 17.4 Å². The number of ether oxygens (including phenoxy) is 4. The van der Waals surface area contributed by atoms with Gasteiger partial charge in [-0.15, -0.1) is 0 Å². The monoisotopic (exact) mass is 730 g/mol. The van der Waals surface area contributed by atoms with Gasteiger partial charge in [-0.3, -0.25) is 9.09 Å². The number of nitrogen functional groups attached to an aromatic ring is 1. The van der Waals surface area contributed by atoms with Gasteiger partial charge in [0.25, 0.3) is 0 Å². The summed E-state index contributed by atoms with van der Waals surface area (Å²) < 4.78 is 35.2. The molecule has 2 unspecified atom stereocenters. The molecule has 1 saturated carbocycles. The highest BCUT2D eigenvalue weighted by Gasteiger charge is 2.54. The SMILES string of the molecule is COc1nc(N)nc2c1ncn2C1O[C@H](COc2ccc3ccccc3c2O/[P+]([O-])=N/[C@@H](C(=O)OC2CCCCC2)c2ccccc2)[C@@H](O)[C@@]1(C)O. The van der Waals surface area contributed by atoms with Crippen LogP contribution in [-0.4, -0.2) is 73.3 Å². The summed E-state index contributed by atoms with van der Waals surface area (Å²) in [5, 5.41) is 24.1. The smallest absolute Gasteiger partial charge is 0.395 e. The first-order valence-corrected chi connectivity index (χ1v) is 18.1. The van der Waals surface area contributed by atoms with Crippen LogP contribution in [0, 0.1) is 0 Å². The fourth-order valence-corrected chi connectivity index (χ4v) is 7.50. The fourth-order valence-electron chi connectivity index (χ4n) is 6.69. The van der Waals surface area contributed by atoms with Gasteiger partial charge in [0.1, 0.15) is 30.5 Å². The number of hydrogen-bond acceptors (Lipinski definition) is 14. The lowest BCUT2D eigenvalue weighted by Crippen LogP contribution is -2.44. The molecule has 0 amide bonds. The quantitative estimate of drug-likeness (QED) is 0.126. The van der Waals surface area contributed by atoms with Crippen molar-refractivity contribution in [1.82, 2.24) is 19.5 Å². The van der Waals surface area contributed by atoms with E-state index in [4.69, 9.17) is 29.2 Å². The van der Waals surface area contributed by atoms with Crippen LogP contribution in [-0.2, 0) is 14.3 Å². The first kappa shape index (κ1) is 35.5. The third kappa shape index (κ3) is 7.10. The Morgan fingerprint density at radius 1 is 1.12 bits per heavy atom. The zero-order valence-electron chi connectivity index (χ0n) is 28.6. The number of hydrogen-bond donors (Lipinski definition) is 3. The Labute approximate surface area is 299 Å². The number of imidazole rings is 1. The van der Waals surface area contributed by atoms with Gasteiger partial charge < -0.3 is 39.8 Å². The summed E-state index contributed by atoms with van der Waals surface area (Å²) >= 11 is 0. The lowest BCUT2D eigenvalue weighted by atomic mass is 9.96. The molecule has 2 aromatic heterocycles. The molecule has 1 saturated heterocycles. The Kier molecular flexibility index (Phi) is 10.2. The highest BCUT2D eigenvalue weighted by atomic mass is 31.1. The lowest BCUT2D eigenvalue weighted by Gasteiger charge is -2.27. The largest absolute Gasteiger partial charge is 0.575 e. The van der Waals surface area contributed by atoms with Crippen molar-refractivity contribution >= 4 is 42.0 Å². The van der Waals surface area contributed by atoms with Crippen LogP contribution in [0.3, 0.4) is 0 Å². The minimum Gasteiger partial charge on any atom is -0.575 e. The molecular formula is C36H39N6O9P. The second-order valence-electron chi connectivity index (χ2n) is 13.0. The van der Waals surface area contributed by atoms with Crippen LogP contribution < -0.4 is 24.6 Å². The molecule has 1 aliphatic heterocycles. The molecule has 15 nitrogen and oxygen atoms in total.